The molecular weight excluding hydrogens is 321 g/mol. The summed E-state index contributed by atoms with van der Waals surface area (Å²) in [4.78, 5) is 15.9. The Morgan fingerprint density at radius 3 is 2.38 bits per heavy atom. The minimum absolute atomic E-state index is 0.0475. The maximum Gasteiger partial charge on any atom is 0.360 e. The van der Waals surface area contributed by atoms with Crippen molar-refractivity contribution in [3.63, 3.8) is 0 Å². The van der Waals surface area contributed by atoms with Gasteiger partial charge in [0.1, 0.15) is 11.6 Å². The Bertz CT molecular complexity index is 312. The third kappa shape index (κ3) is 4.72. The Labute approximate surface area is 113 Å². The SMILES string of the molecule is CCOC(=O)/C(=N\OC)C(=C(Cl)Cl)C(C)Br. The van der Waals surface area contributed by atoms with E-state index in [1.165, 1.54) is 7.11 Å². The molecule has 0 amide bonds. The standard InChI is InChI=1S/C9H12BrCl2NO3/c1-4-16-9(14)7(13-15-3)6(5(2)10)8(11)12/h5H,4H2,1-3H3/b13-7-. The monoisotopic (exact) mass is 331 g/mol. The van der Waals surface area contributed by atoms with E-state index in [4.69, 9.17) is 27.9 Å². The third-order valence-corrected chi connectivity index (χ3v) is 2.37. The van der Waals surface area contributed by atoms with Gasteiger partial charge in [0, 0.05) is 10.4 Å². The molecule has 1 unspecified atom stereocenters. The van der Waals surface area contributed by atoms with E-state index in [0.29, 0.717) is 5.57 Å². The molecule has 0 N–H and O–H groups in total. The fourth-order valence-corrected chi connectivity index (χ4v) is 2.13. The number of carbonyl (C=O) groups is 1. The zero-order valence-electron chi connectivity index (χ0n) is 9.09. The highest BCUT2D eigenvalue weighted by Gasteiger charge is 2.25. The normalized spacial score (nSPS) is 13.0. The summed E-state index contributed by atoms with van der Waals surface area (Å²) in [5.41, 5.74) is 0.275. The third-order valence-electron chi connectivity index (χ3n) is 1.51. The van der Waals surface area contributed by atoms with Crippen molar-refractivity contribution in [1.29, 1.82) is 0 Å². The fourth-order valence-electron chi connectivity index (χ4n) is 0.915. The van der Waals surface area contributed by atoms with Crippen LogP contribution in [0.4, 0.5) is 0 Å². The highest BCUT2D eigenvalue weighted by Crippen LogP contribution is 2.24. The topological polar surface area (TPSA) is 47.9 Å². The van der Waals surface area contributed by atoms with Gasteiger partial charge < -0.3 is 9.57 Å². The number of rotatable bonds is 5. The van der Waals surface area contributed by atoms with Crippen LogP contribution >= 0.6 is 39.1 Å². The van der Waals surface area contributed by atoms with Crippen LogP contribution in [-0.4, -0.2) is 30.2 Å². The van der Waals surface area contributed by atoms with Gasteiger partial charge in [-0.2, -0.15) is 0 Å². The lowest BCUT2D eigenvalue weighted by Gasteiger charge is -2.11. The molecule has 0 rings (SSSR count). The van der Waals surface area contributed by atoms with E-state index in [-0.39, 0.29) is 21.6 Å². The van der Waals surface area contributed by atoms with E-state index in [1.807, 2.05) is 0 Å². The van der Waals surface area contributed by atoms with Crippen molar-refractivity contribution in [2.75, 3.05) is 13.7 Å². The molecule has 0 heterocycles. The van der Waals surface area contributed by atoms with Crippen molar-refractivity contribution in [2.24, 2.45) is 5.16 Å². The molecule has 1 atom stereocenters. The lowest BCUT2D eigenvalue weighted by Crippen LogP contribution is -2.24. The first-order valence-corrected chi connectivity index (χ1v) is 6.10. The number of esters is 1. The molecule has 0 saturated carbocycles. The summed E-state index contributed by atoms with van der Waals surface area (Å²) in [5.74, 6) is -0.635. The molecule has 0 spiro atoms. The van der Waals surface area contributed by atoms with E-state index in [1.54, 1.807) is 13.8 Å². The molecule has 0 saturated heterocycles. The van der Waals surface area contributed by atoms with Gasteiger partial charge in [-0.05, 0) is 13.8 Å². The summed E-state index contributed by atoms with van der Waals surface area (Å²) in [6.45, 7) is 3.67. The molecule has 0 aromatic rings. The molecule has 92 valence electrons. The van der Waals surface area contributed by atoms with Crippen molar-refractivity contribution >= 4 is 50.8 Å². The summed E-state index contributed by atoms with van der Waals surface area (Å²) in [7, 11) is 1.32. The smallest absolute Gasteiger partial charge is 0.360 e. The Morgan fingerprint density at radius 2 is 2.06 bits per heavy atom. The molecule has 0 fully saturated rings. The number of ether oxygens (including phenoxy) is 1. The number of hydrogen-bond donors (Lipinski definition) is 0. The number of alkyl halides is 1. The minimum Gasteiger partial charge on any atom is -0.461 e. The first-order valence-electron chi connectivity index (χ1n) is 4.43. The van der Waals surface area contributed by atoms with Gasteiger partial charge in [-0.15, -0.1) is 0 Å². The molecule has 0 aliphatic rings. The van der Waals surface area contributed by atoms with Crippen LogP contribution in [0.3, 0.4) is 0 Å². The summed E-state index contributed by atoms with van der Waals surface area (Å²) in [6, 6.07) is 0. The van der Waals surface area contributed by atoms with Crippen LogP contribution in [-0.2, 0) is 14.4 Å². The Morgan fingerprint density at radius 1 is 1.50 bits per heavy atom. The van der Waals surface area contributed by atoms with Gasteiger partial charge in [0.05, 0.1) is 6.61 Å². The van der Waals surface area contributed by atoms with Gasteiger partial charge >= 0.3 is 5.97 Å². The van der Waals surface area contributed by atoms with Gasteiger partial charge in [-0.3, -0.25) is 0 Å². The van der Waals surface area contributed by atoms with Crippen LogP contribution in [0.15, 0.2) is 15.2 Å². The number of halogens is 3. The zero-order chi connectivity index (χ0) is 12.7. The summed E-state index contributed by atoms with van der Waals surface area (Å²) in [6.07, 6.45) is 0. The predicted molar refractivity (Wildman–Crippen MR) is 68.2 cm³/mol. The largest absolute Gasteiger partial charge is 0.461 e. The Hall–Kier alpha value is -0.260. The van der Waals surface area contributed by atoms with E-state index in [9.17, 15) is 4.79 Å². The second kappa shape index (κ2) is 7.92. The van der Waals surface area contributed by atoms with Gasteiger partial charge in [-0.1, -0.05) is 44.3 Å². The molecule has 4 nitrogen and oxygen atoms in total. The average molecular weight is 333 g/mol. The molecule has 0 aromatic carbocycles. The molecule has 0 aliphatic carbocycles. The van der Waals surface area contributed by atoms with Crippen LogP contribution in [0, 0.1) is 0 Å². The maximum absolute atomic E-state index is 11.6. The first-order chi connectivity index (χ1) is 7.45. The number of oxime groups is 1. The van der Waals surface area contributed by atoms with Crippen LogP contribution in [0.5, 0.6) is 0 Å². The second-order valence-electron chi connectivity index (χ2n) is 2.63. The fraction of sp³-hybridized carbons (Fsp3) is 0.556. The minimum atomic E-state index is -0.635. The second-order valence-corrected chi connectivity index (χ2v) is 4.96. The van der Waals surface area contributed by atoms with Crippen molar-refractivity contribution in [3.05, 3.63) is 10.1 Å². The molecule has 7 heteroatoms. The van der Waals surface area contributed by atoms with E-state index in [0.717, 1.165) is 0 Å². The van der Waals surface area contributed by atoms with Gasteiger partial charge in [0.25, 0.3) is 0 Å². The van der Waals surface area contributed by atoms with E-state index < -0.39 is 5.97 Å². The van der Waals surface area contributed by atoms with Gasteiger partial charge in [0.2, 0.25) is 0 Å². The van der Waals surface area contributed by atoms with Gasteiger partial charge in [0.15, 0.2) is 5.71 Å². The molecular formula is C9H12BrCl2NO3. The lowest BCUT2D eigenvalue weighted by atomic mass is 10.1. The van der Waals surface area contributed by atoms with Crippen molar-refractivity contribution in [2.45, 2.75) is 18.7 Å². The quantitative estimate of drug-likeness (QED) is 0.336. The highest BCUT2D eigenvalue weighted by atomic mass is 79.9. The molecule has 0 aliphatic heterocycles. The van der Waals surface area contributed by atoms with Crippen molar-refractivity contribution < 1.29 is 14.4 Å². The average Bonchev–Trinajstić information content (AvgIpc) is 2.16. The van der Waals surface area contributed by atoms with E-state index >= 15 is 0 Å². The van der Waals surface area contributed by atoms with Crippen LogP contribution in [0.1, 0.15) is 13.8 Å². The van der Waals surface area contributed by atoms with Crippen molar-refractivity contribution in [3.8, 4) is 0 Å². The van der Waals surface area contributed by atoms with Crippen LogP contribution in [0.2, 0.25) is 0 Å². The van der Waals surface area contributed by atoms with Crippen molar-refractivity contribution in [1.82, 2.24) is 0 Å². The summed E-state index contributed by atoms with van der Waals surface area (Å²) < 4.78 is 4.75. The first kappa shape index (κ1) is 15.7. The highest BCUT2D eigenvalue weighted by molar-refractivity contribution is 9.09. The van der Waals surface area contributed by atoms with Gasteiger partial charge in [-0.25, -0.2) is 4.79 Å². The predicted octanol–water partition coefficient (Wildman–Crippen LogP) is 3.02. The van der Waals surface area contributed by atoms with Crippen LogP contribution in [0.25, 0.3) is 0 Å². The Balaban J connectivity index is 5.28. The lowest BCUT2D eigenvalue weighted by molar-refractivity contribution is -0.135. The number of carbonyl (C=O) groups excluding carboxylic acids is 1. The summed E-state index contributed by atoms with van der Waals surface area (Å²) in [5, 5.41) is 3.57. The van der Waals surface area contributed by atoms with E-state index in [2.05, 4.69) is 25.9 Å². The molecule has 0 bridgehead atoms. The number of hydrogen-bond acceptors (Lipinski definition) is 4. The Kier molecular flexibility index (Phi) is 7.80. The molecule has 0 radical (unpaired) electrons. The van der Waals surface area contributed by atoms with Crippen LogP contribution < -0.4 is 0 Å². The molecule has 0 aromatic heterocycles. The number of nitrogens with zero attached hydrogens (tertiary/aromatic N) is 1. The maximum atomic E-state index is 11.6. The summed E-state index contributed by atoms with van der Waals surface area (Å²) >= 11 is 14.6. The zero-order valence-corrected chi connectivity index (χ0v) is 12.2. The molecule has 16 heavy (non-hydrogen) atoms.